The van der Waals surface area contributed by atoms with Gasteiger partial charge in [-0.25, -0.2) is 9.78 Å². The third kappa shape index (κ3) is 3.21. The molecule has 0 bridgehead atoms. The number of ether oxygens (including phenoxy) is 1. The van der Waals surface area contributed by atoms with E-state index in [0.29, 0.717) is 12.1 Å². The molecule has 0 fully saturated rings. The number of carbonyl (C=O) groups is 1. The fourth-order valence-corrected chi connectivity index (χ4v) is 4.33. The number of esters is 1. The van der Waals surface area contributed by atoms with Gasteiger partial charge in [-0.05, 0) is 65.8 Å². The summed E-state index contributed by atoms with van der Waals surface area (Å²) in [6, 6.07) is 20.6. The van der Waals surface area contributed by atoms with E-state index in [1.807, 2.05) is 18.2 Å². The zero-order valence-electron chi connectivity index (χ0n) is 16.4. The van der Waals surface area contributed by atoms with E-state index in [9.17, 15) is 4.79 Å². The molecule has 0 aliphatic heterocycles. The van der Waals surface area contributed by atoms with E-state index < -0.39 is 5.97 Å². The Kier molecular flexibility index (Phi) is 4.39. The van der Waals surface area contributed by atoms with Crippen LogP contribution in [0.4, 0.5) is 0 Å². The Hall–Kier alpha value is -3.40. The molecular weight excluding hydrogens is 360 g/mol. The standard InChI is InChI=1S/C25H22N2O2/c1-29-25(28)22-12-6-11-19(26-22)15-21-20-13-17-9-5-10-18(17)14-23(20)27-24(21)16-7-3-2-4-8-16/h2-4,6-8,11-14,27H,5,9-10,15H2,1H3. The molecule has 29 heavy (non-hydrogen) atoms. The highest BCUT2D eigenvalue weighted by Crippen LogP contribution is 2.35. The number of hydrogen-bond acceptors (Lipinski definition) is 3. The summed E-state index contributed by atoms with van der Waals surface area (Å²) in [4.78, 5) is 20.1. The number of fused-ring (bicyclic) bond motifs is 2. The Labute approximate surface area is 169 Å². The van der Waals surface area contributed by atoms with Gasteiger partial charge in [0.2, 0.25) is 0 Å². The van der Waals surface area contributed by atoms with E-state index in [4.69, 9.17) is 4.74 Å². The predicted molar refractivity (Wildman–Crippen MR) is 114 cm³/mol. The molecule has 2 aromatic heterocycles. The van der Waals surface area contributed by atoms with Crippen molar-refractivity contribution in [3.8, 4) is 11.3 Å². The molecular formula is C25H22N2O2. The lowest BCUT2D eigenvalue weighted by atomic mass is 9.98. The molecule has 0 saturated carbocycles. The summed E-state index contributed by atoms with van der Waals surface area (Å²) in [6.45, 7) is 0. The van der Waals surface area contributed by atoms with Crippen LogP contribution in [0.2, 0.25) is 0 Å². The molecule has 2 aromatic carbocycles. The topological polar surface area (TPSA) is 55.0 Å². The summed E-state index contributed by atoms with van der Waals surface area (Å²) in [5.41, 5.74) is 8.76. The smallest absolute Gasteiger partial charge is 0.356 e. The number of nitrogens with zero attached hydrogens (tertiary/aromatic N) is 1. The molecule has 0 unspecified atom stereocenters. The third-order valence-corrected chi connectivity index (χ3v) is 5.74. The molecule has 4 heteroatoms. The van der Waals surface area contributed by atoms with Gasteiger partial charge < -0.3 is 9.72 Å². The molecule has 4 aromatic rings. The molecule has 0 saturated heterocycles. The number of aromatic amines is 1. The van der Waals surface area contributed by atoms with Crippen molar-refractivity contribution in [2.75, 3.05) is 7.11 Å². The van der Waals surface area contributed by atoms with Crippen LogP contribution in [0, 0.1) is 0 Å². The number of aryl methyl sites for hydroxylation is 2. The van der Waals surface area contributed by atoms with Gasteiger partial charge in [-0.1, -0.05) is 36.4 Å². The van der Waals surface area contributed by atoms with Crippen molar-refractivity contribution < 1.29 is 9.53 Å². The maximum Gasteiger partial charge on any atom is 0.356 e. The minimum atomic E-state index is -0.410. The molecule has 0 radical (unpaired) electrons. The van der Waals surface area contributed by atoms with E-state index >= 15 is 0 Å². The van der Waals surface area contributed by atoms with Crippen LogP contribution in [0.1, 0.15) is 39.3 Å². The van der Waals surface area contributed by atoms with Gasteiger partial charge in [-0.15, -0.1) is 0 Å². The van der Waals surface area contributed by atoms with Crippen LogP contribution in [0.5, 0.6) is 0 Å². The molecule has 1 aliphatic carbocycles. The van der Waals surface area contributed by atoms with E-state index in [2.05, 4.69) is 46.4 Å². The average molecular weight is 382 g/mol. The second kappa shape index (κ2) is 7.21. The molecule has 0 spiro atoms. The number of hydrogen-bond donors (Lipinski definition) is 1. The maximum absolute atomic E-state index is 11.9. The molecule has 2 heterocycles. The zero-order chi connectivity index (χ0) is 19.8. The van der Waals surface area contributed by atoms with Crippen LogP contribution in [-0.4, -0.2) is 23.0 Å². The van der Waals surface area contributed by atoms with Gasteiger partial charge in [-0.2, -0.15) is 0 Å². The Balaban J connectivity index is 1.66. The van der Waals surface area contributed by atoms with Crippen molar-refractivity contribution in [1.82, 2.24) is 9.97 Å². The number of rotatable bonds is 4. The molecule has 5 rings (SSSR count). The number of nitrogens with one attached hydrogen (secondary N) is 1. The average Bonchev–Trinajstić information content (AvgIpc) is 3.36. The summed E-state index contributed by atoms with van der Waals surface area (Å²) < 4.78 is 4.83. The summed E-state index contributed by atoms with van der Waals surface area (Å²) in [7, 11) is 1.38. The largest absolute Gasteiger partial charge is 0.464 e. The molecule has 1 N–H and O–H groups in total. The van der Waals surface area contributed by atoms with Crippen molar-refractivity contribution in [1.29, 1.82) is 0 Å². The van der Waals surface area contributed by atoms with Crippen molar-refractivity contribution in [3.63, 3.8) is 0 Å². The Bertz CT molecular complexity index is 1210. The highest BCUT2D eigenvalue weighted by molar-refractivity contribution is 5.92. The first-order valence-electron chi connectivity index (χ1n) is 9.99. The first-order valence-corrected chi connectivity index (χ1v) is 9.99. The lowest BCUT2D eigenvalue weighted by Gasteiger charge is -2.07. The van der Waals surface area contributed by atoms with Gasteiger partial charge in [0.1, 0.15) is 5.69 Å². The fourth-order valence-electron chi connectivity index (χ4n) is 4.33. The monoisotopic (exact) mass is 382 g/mol. The first-order chi connectivity index (χ1) is 14.2. The maximum atomic E-state index is 11.9. The van der Waals surface area contributed by atoms with Crippen molar-refractivity contribution in [2.45, 2.75) is 25.7 Å². The minimum absolute atomic E-state index is 0.340. The second-order valence-corrected chi connectivity index (χ2v) is 7.55. The van der Waals surface area contributed by atoms with E-state index in [0.717, 1.165) is 29.8 Å². The van der Waals surface area contributed by atoms with Crippen LogP contribution >= 0.6 is 0 Å². The Morgan fingerprint density at radius 1 is 1.03 bits per heavy atom. The van der Waals surface area contributed by atoms with Crippen LogP contribution in [0.15, 0.2) is 60.7 Å². The van der Waals surface area contributed by atoms with Crippen LogP contribution < -0.4 is 0 Å². The number of carbonyl (C=O) groups excluding carboxylic acids is 1. The number of methoxy groups -OCH3 is 1. The van der Waals surface area contributed by atoms with Crippen LogP contribution in [0.25, 0.3) is 22.2 Å². The van der Waals surface area contributed by atoms with E-state index in [1.54, 1.807) is 6.07 Å². The van der Waals surface area contributed by atoms with E-state index in [1.165, 1.54) is 41.1 Å². The van der Waals surface area contributed by atoms with Gasteiger partial charge in [0.05, 0.1) is 12.8 Å². The normalized spacial score (nSPS) is 12.9. The number of benzene rings is 2. The molecule has 0 atom stereocenters. The Morgan fingerprint density at radius 2 is 1.83 bits per heavy atom. The SMILES string of the molecule is COC(=O)c1cccc(Cc2c(-c3ccccc3)[nH]c3cc4c(cc23)CCC4)n1. The van der Waals surface area contributed by atoms with Crippen molar-refractivity contribution in [3.05, 3.63) is 88.7 Å². The highest BCUT2D eigenvalue weighted by atomic mass is 16.5. The van der Waals surface area contributed by atoms with Crippen molar-refractivity contribution in [2.24, 2.45) is 0 Å². The summed E-state index contributed by atoms with van der Waals surface area (Å²) in [5, 5.41) is 1.25. The Morgan fingerprint density at radius 3 is 2.62 bits per heavy atom. The quantitative estimate of drug-likeness (QED) is 0.500. The van der Waals surface area contributed by atoms with Gasteiger partial charge in [-0.3, -0.25) is 0 Å². The van der Waals surface area contributed by atoms with Gasteiger partial charge in [0, 0.05) is 23.0 Å². The van der Waals surface area contributed by atoms with Crippen LogP contribution in [0.3, 0.4) is 0 Å². The number of aromatic nitrogens is 2. The first kappa shape index (κ1) is 17.7. The molecule has 4 nitrogen and oxygen atoms in total. The van der Waals surface area contributed by atoms with E-state index in [-0.39, 0.29) is 0 Å². The molecule has 1 aliphatic rings. The lowest BCUT2D eigenvalue weighted by Crippen LogP contribution is -2.06. The number of H-pyrrole nitrogens is 1. The van der Waals surface area contributed by atoms with Gasteiger partial charge >= 0.3 is 5.97 Å². The second-order valence-electron chi connectivity index (χ2n) is 7.55. The van der Waals surface area contributed by atoms with Crippen molar-refractivity contribution >= 4 is 16.9 Å². The predicted octanol–water partition coefficient (Wildman–Crippen LogP) is 5.10. The minimum Gasteiger partial charge on any atom is -0.464 e. The number of pyridine rings is 1. The molecule has 0 amide bonds. The van der Waals surface area contributed by atoms with Gasteiger partial charge in [0.25, 0.3) is 0 Å². The summed E-state index contributed by atoms with van der Waals surface area (Å²) in [6.07, 6.45) is 4.18. The highest BCUT2D eigenvalue weighted by Gasteiger charge is 2.19. The summed E-state index contributed by atoms with van der Waals surface area (Å²) >= 11 is 0. The third-order valence-electron chi connectivity index (χ3n) is 5.74. The lowest BCUT2D eigenvalue weighted by molar-refractivity contribution is 0.0593. The molecule has 144 valence electrons. The fraction of sp³-hybridized carbons (Fsp3) is 0.200. The summed E-state index contributed by atoms with van der Waals surface area (Å²) in [5.74, 6) is -0.410. The zero-order valence-corrected chi connectivity index (χ0v) is 16.4. The van der Waals surface area contributed by atoms with Crippen LogP contribution in [-0.2, 0) is 24.0 Å². The van der Waals surface area contributed by atoms with Gasteiger partial charge in [0.15, 0.2) is 0 Å².